The Balaban J connectivity index is 1.89. The summed E-state index contributed by atoms with van der Waals surface area (Å²) in [5.74, 6) is -0.540. The average molecular weight is 325 g/mol. The number of aromatic nitrogens is 1. The van der Waals surface area contributed by atoms with E-state index in [0.29, 0.717) is 27.4 Å². The highest BCUT2D eigenvalue weighted by Crippen LogP contribution is 2.23. The summed E-state index contributed by atoms with van der Waals surface area (Å²) in [6.07, 6.45) is 0. The van der Waals surface area contributed by atoms with Gasteiger partial charge in [0.25, 0.3) is 5.22 Å². The van der Waals surface area contributed by atoms with Crippen molar-refractivity contribution in [3.05, 3.63) is 52.8 Å². The van der Waals surface area contributed by atoms with E-state index in [9.17, 15) is 8.60 Å². The number of nitrogens with two attached hydrogens (primary N) is 1. The lowest BCUT2D eigenvalue weighted by Gasteiger charge is -2.01. The summed E-state index contributed by atoms with van der Waals surface area (Å²) in [5, 5.41) is 0.337. The molecule has 0 aliphatic heterocycles. The maximum absolute atomic E-state index is 13.7. The van der Waals surface area contributed by atoms with Crippen molar-refractivity contribution in [3.8, 4) is 0 Å². The number of halogens is 2. The summed E-state index contributed by atoms with van der Waals surface area (Å²) >= 11 is 5.68. The van der Waals surface area contributed by atoms with Crippen LogP contribution in [0, 0.1) is 5.82 Å². The standard InChI is InChI=1S/C14H10ClFN2O2S/c15-9-2-1-8(11(16)5-9)7-21(19)14-18-12-6-10(17)3-4-13(12)20-14/h1-6H,7,17H2. The normalized spacial score (nSPS) is 12.7. The number of oxazole rings is 1. The van der Waals surface area contributed by atoms with Crippen molar-refractivity contribution in [2.24, 2.45) is 0 Å². The monoisotopic (exact) mass is 324 g/mol. The van der Waals surface area contributed by atoms with Gasteiger partial charge in [-0.3, -0.25) is 0 Å². The van der Waals surface area contributed by atoms with Gasteiger partial charge in [0, 0.05) is 16.3 Å². The van der Waals surface area contributed by atoms with Gasteiger partial charge in [-0.15, -0.1) is 0 Å². The number of fused-ring (bicyclic) bond motifs is 1. The molecule has 0 aliphatic rings. The lowest BCUT2D eigenvalue weighted by atomic mass is 10.2. The second-order valence-corrected chi connectivity index (χ2v) is 6.20. The third kappa shape index (κ3) is 2.91. The van der Waals surface area contributed by atoms with Crippen molar-refractivity contribution >= 4 is 39.2 Å². The van der Waals surface area contributed by atoms with E-state index in [4.69, 9.17) is 21.8 Å². The van der Waals surface area contributed by atoms with E-state index < -0.39 is 16.6 Å². The largest absolute Gasteiger partial charge is 0.430 e. The Kier molecular flexibility index (Phi) is 3.65. The Morgan fingerprint density at radius 2 is 2.10 bits per heavy atom. The maximum atomic E-state index is 13.7. The Morgan fingerprint density at radius 3 is 2.86 bits per heavy atom. The molecule has 1 heterocycles. The molecule has 0 fully saturated rings. The molecule has 0 amide bonds. The van der Waals surface area contributed by atoms with Gasteiger partial charge in [-0.1, -0.05) is 17.7 Å². The third-order valence-electron chi connectivity index (χ3n) is 2.89. The molecule has 0 saturated carbocycles. The van der Waals surface area contributed by atoms with Crippen LogP contribution >= 0.6 is 11.6 Å². The van der Waals surface area contributed by atoms with Crippen molar-refractivity contribution in [2.45, 2.75) is 11.0 Å². The molecule has 3 aromatic rings. The zero-order chi connectivity index (χ0) is 15.0. The van der Waals surface area contributed by atoms with E-state index in [0.717, 1.165) is 0 Å². The maximum Gasteiger partial charge on any atom is 0.288 e. The fourth-order valence-electron chi connectivity index (χ4n) is 1.86. The van der Waals surface area contributed by atoms with Crippen molar-refractivity contribution in [3.63, 3.8) is 0 Å². The fourth-order valence-corrected chi connectivity index (χ4v) is 3.04. The number of benzene rings is 2. The second-order valence-electron chi connectivity index (χ2n) is 4.43. The van der Waals surface area contributed by atoms with Crippen molar-refractivity contribution in [1.82, 2.24) is 4.98 Å². The van der Waals surface area contributed by atoms with Crippen LogP contribution in [0.2, 0.25) is 5.02 Å². The summed E-state index contributed by atoms with van der Waals surface area (Å²) < 4.78 is 31.3. The molecule has 0 spiro atoms. The molecule has 108 valence electrons. The first kappa shape index (κ1) is 14.0. The second kappa shape index (κ2) is 5.46. The molecule has 0 bridgehead atoms. The zero-order valence-electron chi connectivity index (χ0n) is 10.7. The van der Waals surface area contributed by atoms with Crippen molar-refractivity contribution < 1.29 is 13.0 Å². The quantitative estimate of drug-likeness (QED) is 0.748. The number of nitrogens with zero attached hydrogens (tertiary/aromatic N) is 1. The van der Waals surface area contributed by atoms with Crippen LogP contribution < -0.4 is 5.73 Å². The molecule has 0 saturated heterocycles. The van der Waals surface area contributed by atoms with Crippen LogP contribution in [-0.2, 0) is 16.6 Å². The molecule has 1 aromatic heterocycles. The molecule has 1 atom stereocenters. The number of anilines is 1. The first-order valence-electron chi connectivity index (χ1n) is 6.01. The van der Waals surface area contributed by atoms with E-state index in [1.165, 1.54) is 12.1 Å². The smallest absolute Gasteiger partial charge is 0.288 e. The van der Waals surface area contributed by atoms with Crippen LogP contribution in [0.4, 0.5) is 10.1 Å². The van der Waals surface area contributed by atoms with E-state index in [2.05, 4.69) is 4.98 Å². The highest BCUT2D eigenvalue weighted by molar-refractivity contribution is 7.84. The molecular weight excluding hydrogens is 315 g/mol. The van der Waals surface area contributed by atoms with Crippen LogP contribution in [0.1, 0.15) is 5.56 Å². The van der Waals surface area contributed by atoms with Gasteiger partial charge in [0.05, 0.1) is 5.75 Å². The highest BCUT2D eigenvalue weighted by Gasteiger charge is 2.15. The van der Waals surface area contributed by atoms with Crippen LogP contribution in [0.5, 0.6) is 0 Å². The number of nitrogen functional groups attached to an aromatic ring is 1. The molecule has 3 rings (SSSR count). The van der Waals surface area contributed by atoms with Gasteiger partial charge in [-0.2, -0.15) is 0 Å². The molecule has 7 heteroatoms. The van der Waals surface area contributed by atoms with Gasteiger partial charge in [-0.05, 0) is 30.3 Å². The van der Waals surface area contributed by atoms with Gasteiger partial charge in [0.15, 0.2) is 5.58 Å². The molecule has 2 N–H and O–H groups in total. The first-order chi connectivity index (χ1) is 10.0. The summed E-state index contributed by atoms with van der Waals surface area (Å²) in [5.41, 5.74) is 7.49. The molecule has 0 aliphatic carbocycles. The highest BCUT2D eigenvalue weighted by atomic mass is 35.5. The molecule has 2 aromatic carbocycles. The molecule has 4 nitrogen and oxygen atoms in total. The van der Waals surface area contributed by atoms with E-state index in [-0.39, 0.29) is 11.0 Å². The number of hydrogen-bond acceptors (Lipinski definition) is 4. The van der Waals surface area contributed by atoms with Gasteiger partial charge in [0.2, 0.25) is 0 Å². The molecular formula is C14H10ClFN2O2S. The van der Waals surface area contributed by atoms with Crippen molar-refractivity contribution in [1.29, 1.82) is 0 Å². The van der Waals surface area contributed by atoms with Gasteiger partial charge in [-0.25, -0.2) is 13.6 Å². The van der Waals surface area contributed by atoms with Crippen LogP contribution in [0.25, 0.3) is 11.1 Å². The third-order valence-corrected chi connectivity index (χ3v) is 4.26. The molecule has 0 radical (unpaired) electrons. The number of rotatable bonds is 3. The summed E-state index contributed by atoms with van der Waals surface area (Å²) in [7, 11) is -1.59. The summed E-state index contributed by atoms with van der Waals surface area (Å²) in [6.45, 7) is 0. The average Bonchev–Trinajstić information content (AvgIpc) is 2.85. The Bertz CT molecular complexity index is 850. The Hall–Kier alpha value is -1.92. The van der Waals surface area contributed by atoms with Crippen molar-refractivity contribution in [2.75, 3.05) is 5.73 Å². The van der Waals surface area contributed by atoms with Crippen LogP contribution in [-0.4, -0.2) is 9.19 Å². The van der Waals surface area contributed by atoms with Crippen LogP contribution in [0.3, 0.4) is 0 Å². The van der Waals surface area contributed by atoms with Gasteiger partial charge < -0.3 is 10.2 Å². The Labute approximate surface area is 127 Å². The molecule has 21 heavy (non-hydrogen) atoms. The van der Waals surface area contributed by atoms with E-state index in [1.807, 2.05) is 0 Å². The van der Waals surface area contributed by atoms with E-state index >= 15 is 0 Å². The van der Waals surface area contributed by atoms with Crippen LogP contribution in [0.15, 0.2) is 46.0 Å². The lowest BCUT2D eigenvalue weighted by molar-refractivity contribution is 0.477. The predicted molar refractivity (Wildman–Crippen MR) is 79.9 cm³/mol. The van der Waals surface area contributed by atoms with Gasteiger partial charge >= 0.3 is 0 Å². The fraction of sp³-hybridized carbons (Fsp3) is 0.0714. The van der Waals surface area contributed by atoms with Gasteiger partial charge in [0.1, 0.15) is 22.1 Å². The Morgan fingerprint density at radius 1 is 1.29 bits per heavy atom. The predicted octanol–water partition coefficient (Wildman–Crippen LogP) is 3.51. The topological polar surface area (TPSA) is 69.1 Å². The minimum absolute atomic E-state index is 0.0364. The first-order valence-corrected chi connectivity index (χ1v) is 7.71. The molecule has 1 unspecified atom stereocenters. The number of hydrogen-bond donors (Lipinski definition) is 1. The summed E-state index contributed by atoms with van der Waals surface area (Å²) in [6, 6.07) is 9.17. The minimum atomic E-state index is -1.59. The van der Waals surface area contributed by atoms with E-state index in [1.54, 1.807) is 24.3 Å². The lowest BCUT2D eigenvalue weighted by Crippen LogP contribution is -1.99. The summed E-state index contributed by atoms with van der Waals surface area (Å²) in [4.78, 5) is 4.12. The SMILES string of the molecule is Nc1ccc2oc(S(=O)Cc3ccc(Cl)cc3F)nc2c1. The minimum Gasteiger partial charge on any atom is -0.430 e. The zero-order valence-corrected chi connectivity index (χ0v) is 12.2.